The highest BCUT2D eigenvalue weighted by Crippen LogP contribution is 2.30. The zero-order chi connectivity index (χ0) is 19.5. The van der Waals surface area contributed by atoms with E-state index in [0.717, 1.165) is 5.56 Å². The topological polar surface area (TPSA) is 102 Å². The molecule has 0 radical (unpaired) electrons. The van der Waals surface area contributed by atoms with Gasteiger partial charge in [0.15, 0.2) is 0 Å². The SMILES string of the molecule is Cc1ccc(NC(=O)OCCC2(C)CO2)cc1NC(=O)OCCC1(C)CO1. The van der Waals surface area contributed by atoms with Crippen molar-refractivity contribution in [1.29, 1.82) is 0 Å². The Morgan fingerprint density at radius 1 is 1.00 bits per heavy atom. The van der Waals surface area contributed by atoms with Crippen molar-refractivity contribution >= 4 is 23.6 Å². The lowest BCUT2D eigenvalue weighted by Crippen LogP contribution is -2.19. The molecule has 2 atom stereocenters. The fourth-order valence-corrected chi connectivity index (χ4v) is 2.39. The molecule has 3 rings (SSSR count). The molecule has 2 aliphatic rings. The first-order valence-electron chi connectivity index (χ1n) is 9.03. The van der Waals surface area contributed by atoms with Crippen LogP contribution in [0.5, 0.6) is 0 Å². The summed E-state index contributed by atoms with van der Waals surface area (Å²) in [6, 6.07) is 5.20. The fraction of sp³-hybridized carbons (Fsp3) is 0.579. The van der Waals surface area contributed by atoms with Crippen LogP contribution < -0.4 is 10.6 Å². The van der Waals surface area contributed by atoms with Crippen LogP contribution in [0.15, 0.2) is 18.2 Å². The van der Waals surface area contributed by atoms with Gasteiger partial charge in [0.05, 0.1) is 37.6 Å². The van der Waals surface area contributed by atoms with Crippen molar-refractivity contribution in [2.45, 2.75) is 44.8 Å². The minimum Gasteiger partial charge on any atom is -0.449 e. The number of benzene rings is 1. The molecule has 8 heteroatoms. The molecule has 2 saturated heterocycles. The molecule has 2 aliphatic heterocycles. The van der Waals surface area contributed by atoms with Gasteiger partial charge in [0, 0.05) is 24.2 Å². The van der Waals surface area contributed by atoms with E-state index in [-0.39, 0.29) is 24.4 Å². The van der Waals surface area contributed by atoms with Crippen LogP contribution in [0.2, 0.25) is 0 Å². The molecule has 0 spiro atoms. The van der Waals surface area contributed by atoms with E-state index in [0.29, 0.717) is 37.4 Å². The average Bonchev–Trinajstić information content (AvgIpc) is 3.51. The van der Waals surface area contributed by atoms with Crippen LogP contribution in [-0.4, -0.2) is 49.8 Å². The number of amides is 2. The van der Waals surface area contributed by atoms with Gasteiger partial charge in [-0.05, 0) is 38.5 Å². The van der Waals surface area contributed by atoms with Gasteiger partial charge in [-0.25, -0.2) is 9.59 Å². The van der Waals surface area contributed by atoms with Crippen LogP contribution >= 0.6 is 0 Å². The van der Waals surface area contributed by atoms with Crippen LogP contribution in [0.25, 0.3) is 0 Å². The Bertz CT molecular complexity index is 712. The Balaban J connectivity index is 1.44. The number of hydrogen-bond donors (Lipinski definition) is 2. The molecule has 1 aromatic carbocycles. The summed E-state index contributed by atoms with van der Waals surface area (Å²) in [4.78, 5) is 23.8. The molecule has 2 N–H and O–H groups in total. The first-order chi connectivity index (χ1) is 12.8. The number of ether oxygens (including phenoxy) is 4. The molecule has 8 nitrogen and oxygen atoms in total. The van der Waals surface area contributed by atoms with E-state index >= 15 is 0 Å². The Morgan fingerprint density at radius 2 is 1.52 bits per heavy atom. The number of aryl methyl sites for hydroxylation is 1. The molecule has 27 heavy (non-hydrogen) atoms. The van der Waals surface area contributed by atoms with E-state index in [1.54, 1.807) is 18.2 Å². The Labute approximate surface area is 158 Å². The van der Waals surface area contributed by atoms with Gasteiger partial charge in [-0.15, -0.1) is 0 Å². The lowest BCUT2D eigenvalue weighted by molar-refractivity contribution is 0.147. The third-order valence-corrected chi connectivity index (χ3v) is 4.72. The van der Waals surface area contributed by atoms with Crippen molar-refractivity contribution in [2.24, 2.45) is 0 Å². The summed E-state index contributed by atoms with van der Waals surface area (Å²) in [6.45, 7) is 7.78. The number of carbonyl (C=O) groups excluding carboxylic acids is 2. The molecular formula is C19H26N2O6. The minimum absolute atomic E-state index is 0.148. The van der Waals surface area contributed by atoms with Crippen molar-refractivity contribution in [3.8, 4) is 0 Å². The summed E-state index contributed by atoms with van der Waals surface area (Å²) in [5.74, 6) is 0. The maximum absolute atomic E-state index is 11.9. The van der Waals surface area contributed by atoms with Crippen molar-refractivity contribution in [1.82, 2.24) is 0 Å². The zero-order valence-corrected chi connectivity index (χ0v) is 15.9. The van der Waals surface area contributed by atoms with Crippen LogP contribution in [0.3, 0.4) is 0 Å². The molecule has 2 unspecified atom stereocenters. The van der Waals surface area contributed by atoms with Crippen molar-refractivity contribution < 1.29 is 28.5 Å². The fourth-order valence-electron chi connectivity index (χ4n) is 2.39. The van der Waals surface area contributed by atoms with E-state index in [2.05, 4.69) is 10.6 Å². The summed E-state index contributed by atoms with van der Waals surface area (Å²) in [5, 5.41) is 5.34. The highest BCUT2D eigenvalue weighted by molar-refractivity contribution is 5.89. The van der Waals surface area contributed by atoms with E-state index in [9.17, 15) is 9.59 Å². The number of nitrogens with one attached hydrogen (secondary N) is 2. The molecule has 0 aliphatic carbocycles. The first-order valence-corrected chi connectivity index (χ1v) is 9.03. The van der Waals surface area contributed by atoms with Crippen LogP contribution in [0.1, 0.15) is 32.3 Å². The second-order valence-corrected chi connectivity index (χ2v) is 7.53. The lowest BCUT2D eigenvalue weighted by Gasteiger charge is -2.13. The second-order valence-electron chi connectivity index (χ2n) is 7.53. The summed E-state index contributed by atoms with van der Waals surface area (Å²) in [7, 11) is 0. The molecule has 1 aromatic rings. The molecule has 0 bridgehead atoms. The summed E-state index contributed by atoms with van der Waals surface area (Å²) in [6.07, 6.45) is 0.239. The smallest absolute Gasteiger partial charge is 0.411 e. The second kappa shape index (κ2) is 7.74. The average molecular weight is 378 g/mol. The molecule has 2 heterocycles. The number of anilines is 2. The highest BCUT2D eigenvalue weighted by atomic mass is 16.6. The summed E-state index contributed by atoms with van der Waals surface area (Å²) >= 11 is 0. The number of carbonyl (C=O) groups is 2. The van der Waals surface area contributed by atoms with Gasteiger partial charge in [0.25, 0.3) is 0 Å². The predicted molar refractivity (Wildman–Crippen MR) is 99.1 cm³/mol. The monoisotopic (exact) mass is 378 g/mol. The van der Waals surface area contributed by atoms with Crippen LogP contribution in [-0.2, 0) is 18.9 Å². The summed E-state index contributed by atoms with van der Waals surface area (Å²) in [5.41, 5.74) is 1.63. The van der Waals surface area contributed by atoms with Gasteiger partial charge in [0.2, 0.25) is 0 Å². The van der Waals surface area contributed by atoms with E-state index < -0.39 is 12.2 Å². The Morgan fingerprint density at radius 3 is 2.04 bits per heavy atom. The van der Waals surface area contributed by atoms with Gasteiger partial charge in [0.1, 0.15) is 0 Å². The predicted octanol–water partition coefficient (Wildman–Crippen LogP) is 3.45. The standard InChI is InChI=1S/C19H26N2O6/c1-13-4-5-14(20-16(22)24-8-6-18(2)11-26-18)10-15(13)21-17(23)25-9-7-19(3)12-27-19/h4-5,10H,6-9,11-12H2,1-3H3,(H,20,22)(H,21,23). The summed E-state index contributed by atoms with van der Waals surface area (Å²) < 4.78 is 20.8. The van der Waals surface area contributed by atoms with E-state index in [4.69, 9.17) is 18.9 Å². The van der Waals surface area contributed by atoms with Gasteiger partial charge in [-0.3, -0.25) is 10.6 Å². The third-order valence-electron chi connectivity index (χ3n) is 4.72. The number of epoxide rings is 2. The quantitative estimate of drug-likeness (QED) is 0.672. The molecular weight excluding hydrogens is 352 g/mol. The van der Waals surface area contributed by atoms with Gasteiger partial charge in [-0.1, -0.05) is 6.07 Å². The minimum atomic E-state index is -0.547. The largest absolute Gasteiger partial charge is 0.449 e. The van der Waals surface area contributed by atoms with Gasteiger partial charge in [-0.2, -0.15) is 0 Å². The van der Waals surface area contributed by atoms with Crippen LogP contribution in [0.4, 0.5) is 21.0 Å². The van der Waals surface area contributed by atoms with E-state index in [1.165, 1.54) is 0 Å². The highest BCUT2D eigenvalue weighted by Gasteiger charge is 2.39. The van der Waals surface area contributed by atoms with Crippen LogP contribution in [0, 0.1) is 6.92 Å². The zero-order valence-electron chi connectivity index (χ0n) is 15.9. The molecule has 0 aromatic heterocycles. The first kappa shape index (κ1) is 19.4. The lowest BCUT2D eigenvalue weighted by atomic mass is 10.1. The Hall–Kier alpha value is -2.32. The molecule has 2 fully saturated rings. The number of rotatable bonds is 8. The molecule has 2 amide bonds. The Kier molecular flexibility index (Phi) is 5.57. The normalized spacial score (nSPS) is 25.4. The maximum atomic E-state index is 11.9. The van der Waals surface area contributed by atoms with Crippen molar-refractivity contribution in [2.75, 3.05) is 37.1 Å². The van der Waals surface area contributed by atoms with Gasteiger partial charge >= 0.3 is 12.2 Å². The molecule has 148 valence electrons. The van der Waals surface area contributed by atoms with Crippen molar-refractivity contribution in [3.63, 3.8) is 0 Å². The van der Waals surface area contributed by atoms with Gasteiger partial charge < -0.3 is 18.9 Å². The maximum Gasteiger partial charge on any atom is 0.411 e. The molecule has 0 saturated carbocycles. The van der Waals surface area contributed by atoms with E-state index in [1.807, 2.05) is 20.8 Å². The number of hydrogen-bond acceptors (Lipinski definition) is 6. The van der Waals surface area contributed by atoms with Crippen molar-refractivity contribution in [3.05, 3.63) is 23.8 Å². The third kappa shape index (κ3) is 6.11.